The fraction of sp³-hybridized carbons (Fsp3) is 0.778. The van der Waals surface area contributed by atoms with Gasteiger partial charge in [-0.1, -0.05) is 0 Å². The summed E-state index contributed by atoms with van der Waals surface area (Å²) in [4.78, 5) is 22.6. The summed E-state index contributed by atoms with van der Waals surface area (Å²) in [5.74, 6) is 0.296. The number of aromatic nitrogens is 1. The van der Waals surface area contributed by atoms with Crippen molar-refractivity contribution in [3.63, 3.8) is 0 Å². The van der Waals surface area contributed by atoms with Gasteiger partial charge in [-0.25, -0.2) is 4.98 Å². The molecule has 0 N–H and O–H groups in total. The number of likely N-dealkylation sites (tertiary alicyclic amines) is 1. The molecule has 2 fully saturated rings. The number of nitrogens with zero attached hydrogens (tertiary/aromatic N) is 3. The van der Waals surface area contributed by atoms with Crippen molar-refractivity contribution < 1.29 is 9.53 Å². The van der Waals surface area contributed by atoms with Crippen molar-refractivity contribution in [1.82, 2.24) is 14.8 Å². The first-order chi connectivity index (χ1) is 11.5. The summed E-state index contributed by atoms with van der Waals surface area (Å²) >= 11 is 1.66. The van der Waals surface area contributed by atoms with Gasteiger partial charge in [0.15, 0.2) is 0 Å². The Kier molecular flexibility index (Phi) is 5.89. The molecule has 0 saturated carbocycles. The van der Waals surface area contributed by atoms with E-state index in [0.29, 0.717) is 30.6 Å². The zero-order chi connectivity index (χ0) is 17.1. The van der Waals surface area contributed by atoms with Gasteiger partial charge in [0.05, 0.1) is 23.4 Å². The molecule has 2 saturated heterocycles. The minimum absolute atomic E-state index is 0.296. The van der Waals surface area contributed by atoms with Gasteiger partial charge in [-0.15, -0.1) is 11.3 Å². The van der Waals surface area contributed by atoms with Crippen LogP contribution in [0.25, 0.3) is 0 Å². The van der Waals surface area contributed by atoms with Crippen molar-refractivity contribution in [3.8, 4) is 0 Å². The summed E-state index contributed by atoms with van der Waals surface area (Å²) in [7, 11) is 0. The van der Waals surface area contributed by atoms with Gasteiger partial charge in [0, 0.05) is 43.5 Å². The predicted molar refractivity (Wildman–Crippen MR) is 96.4 cm³/mol. The molecule has 0 aliphatic carbocycles. The number of amides is 1. The summed E-state index contributed by atoms with van der Waals surface area (Å²) in [5, 5.41) is 0. The fourth-order valence-electron chi connectivity index (χ4n) is 3.94. The van der Waals surface area contributed by atoms with Crippen LogP contribution in [0.1, 0.15) is 43.7 Å². The van der Waals surface area contributed by atoms with Crippen LogP contribution in [0.3, 0.4) is 0 Å². The quantitative estimate of drug-likeness (QED) is 0.836. The van der Waals surface area contributed by atoms with Crippen molar-refractivity contribution in [2.75, 3.05) is 26.2 Å². The van der Waals surface area contributed by atoms with E-state index < -0.39 is 0 Å². The Morgan fingerprint density at radius 1 is 1.29 bits per heavy atom. The molecule has 0 radical (unpaired) electrons. The number of morpholine rings is 1. The predicted octanol–water partition coefficient (Wildman–Crippen LogP) is 2.48. The smallest absolute Gasteiger partial charge is 0.222 e. The molecule has 2 atom stereocenters. The van der Waals surface area contributed by atoms with Crippen LogP contribution in [-0.2, 0) is 16.0 Å². The topological polar surface area (TPSA) is 45.7 Å². The van der Waals surface area contributed by atoms with E-state index in [1.165, 1.54) is 4.88 Å². The maximum Gasteiger partial charge on any atom is 0.222 e. The van der Waals surface area contributed by atoms with Crippen LogP contribution in [0.15, 0.2) is 5.51 Å². The van der Waals surface area contributed by atoms with Crippen LogP contribution in [0.5, 0.6) is 0 Å². The molecule has 0 aromatic carbocycles. The second kappa shape index (κ2) is 7.93. The SMILES string of the molecule is Cc1ncsc1CCC(=O)N1CCC(N2C[C@@H](C)O[C@@H](C)C2)CC1. The molecule has 0 unspecified atom stereocenters. The van der Waals surface area contributed by atoms with Crippen LogP contribution in [0.2, 0.25) is 0 Å². The highest BCUT2D eigenvalue weighted by Crippen LogP contribution is 2.22. The van der Waals surface area contributed by atoms with Crippen LogP contribution in [0, 0.1) is 6.92 Å². The molecule has 3 heterocycles. The Hall–Kier alpha value is -0.980. The fourth-order valence-corrected chi connectivity index (χ4v) is 4.72. The van der Waals surface area contributed by atoms with Gasteiger partial charge >= 0.3 is 0 Å². The normalized spacial score (nSPS) is 26.7. The van der Waals surface area contributed by atoms with E-state index in [1.807, 2.05) is 12.4 Å². The third-order valence-electron chi connectivity index (χ3n) is 5.19. The van der Waals surface area contributed by atoms with Gasteiger partial charge < -0.3 is 9.64 Å². The lowest BCUT2D eigenvalue weighted by Crippen LogP contribution is -2.53. The monoisotopic (exact) mass is 351 g/mol. The van der Waals surface area contributed by atoms with E-state index in [-0.39, 0.29) is 0 Å². The zero-order valence-electron chi connectivity index (χ0n) is 15.0. The van der Waals surface area contributed by atoms with E-state index in [2.05, 4.69) is 28.6 Å². The van der Waals surface area contributed by atoms with E-state index >= 15 is 0 Å². The number of piperidine rings is 1. The summed E-state index contributed by atoms with van der Waals surface area (Å²) in [6.45, 7) is 10.2. The molecular weight excluding hydrogens is 322 g/mol. The first-order valence-electron chi connectivity index (χ1n) is 9.09. The standard InChI is InChI=1S/C18H29N3O2S/c1-13-10-21(11-14(2)23-13)16-6-8-20(9-7-16)18(22)5-4-17-15(3)19-12-24-17/h12-14,16H,4-11H2,1-3H3/t13-,14+. The molecule has 2 aliphatic heterocycles. The Balaban J connectivity index is 1.44. The molecule has 24 heavy (non-hydrogen) atoms. The van der Waals surface area contributed by atoms with E-state index in [1.54, 1.807) is 11.3 Å². The van der Waals surface area contributed by atoms with Crippen LogP contribution in [0.4, 0.5) is 0 Å². The van der Waals surface area contributed by atoms with Crippen molar-refractivity contribution >= 4 is 17.2 Å². The first kappa shape index (κ1) is 17.8. The number of aryl methyl sites for hydroxylation is 2. The highest BCUT2D eigenvalue weighted by Gasteiger charge is 2.31. The molecule has 0 bridgehead atoms. The summed E-state index contributed by atoms with van der Waals surface area (Å²) < 4.78 is 5.83. The summed E-state index contributed by atoms with van der Waals surface area (Å²) in [6, 6.07) is 0.603. The van der Waals surface area contributed by atoms with Crippen molar-refractivity contribution in [3.05, 3.63) is 16.1 Å². The summed E-state index contributed by atoms with van der Waals surface area (Å²) in [6.07, 6.45) is 4.25. The molecule has 5 nitrogen and oxygen atoms in total. The maximum atomic E-state index is 12.5. The van der Waals surface area contributed by atoms with Gasteiger partial charge in [0.25, 0.3) is 0 Å². The Labute approximate surface area is 149 Å². The lowest BCUT2D eigenvalue weighted by Gasteiger charge is -2.43. The average molecular weight is 352 g/mol. The number of rotatable bonds is 4. The lowest BCUT2D eigenvalue weighted by atomic mass is 10.0. The van der Waals surface area contributed by atoms with Gasteiger partial charge in [0.1, 0.15) is 0 Å². The minimum atomic E-state index is 0.296. The van der Waals surface area contributed by atoms with Gasteiger partial charge in [-0.2, -0.15) is 0 Å². The molecule has 1 aromatic heterocycles. The van der Waals surface area contributed by atoms with E-state index in [4.69, 9.17) is 4.74 Å². The molecule has 2 aliphatic rings. The number of thiazole rings is 1. The van der Waals surface area contributed by atoms with Crippen molar-refractivity contribution in [2.24, 2.45) is 0 Å². The average Bonchev–Trinajstić information content (AvgIpc) is 2.97. The lowest BCUT2D eigenvalue weighted by molar-refractivity contribution is -0.134. The zero-order valence-corrected chi connectivity index (χ0v) is 15.8. The van der Waals surface area contributed by atoms with Crippen molar-refractivity contribution in [2.45, 2.75) is 64.7 Å². The maximum absolute atomic E-state index is 12.5. The van der Waals surface area contributed by atoms with Crippen LogP contribution in [-0.4, -0.2) is 65.1 Å². The second-order valence-corrected chi connectivity index (χ2v) is 8.12. The van der Waals surface area contributed by atoms with Gasteiger partial charge in [-0.05, 0) is 40.0 Å². The van der Waals surface area contributed by atoms with Crippen LogP contribution < -0.4 is 0 Å². The third-order valence-corrected chi connectivity index (χ3v) is 6.19. The number of hydrogen-bond donors (Lipinski definition) is 0. The molecule has 3 rings (SSSR count). The molecular formula is C18H29N3O2S. The minimum Gasteiger partial charge on any atom is -0.373 e. The molecule has 1 aromatic rings. The van der Waals surface area contributed by atoms with Crippen molar-refractivity contribution in [1.29, 1.82) is 0 Å². The Morgan fingerprint density at radius 2 is 1.96 bits per heavy atom. The Bertz CT molecular complexity index is 544. The van der Waals surface area contributed by atoms with Gasteiger partial charge in [0.2, 0.25) is 5.91 Å². The molecule has 134 valence electrons. The number of hydrogen-bond acceptors (Lipinski definition) is 5. The number of carbonyl (C=O) groups is 1. The number of carbonyl (C=O) groups excluding carboxylic acids is 1. The van der Waals surface area contributed by atoms with E-state index in [9.17, 15) is 4.79 Å². The van der Waals surface area contributed by atoms with E-state index in [0.717, 1.165) is 51.1 Å². The molecule has 0 spiro atoms. The molecule has 1 amide bonds. The third kappa shape index (κ3) is 4.35. The van der Waals surface area contributed by atoms with Gasteiger partial charge in [-0.3, -0.25) is 9.69 Å². The van der Waals surface area contributed by atoms with Crippen LogP contribution >= 0.6 is 11.3 Å². The molecule has 6 heteroatoms. The summed E-state index contributed by atoms with van der Waals surface area (Å²) in [5.41, 5.74) is 2.94. The highest BCUT2D eigenvalue weighted by molar-refractivity contribution is 7.09. The largest absolute Gasteiger partial charge is 0.373 e. The Morgan fingerprint density at radius 3 is 2.54 bits per heavy atom. The second-order valence-electron chi connectivity index (χ2n) is 7.18. The number of ether oxygens (including phenoxy) is 1. The first-order valence-corrected chi connectivity index (χ1v) is 9.97. The highest BCUT2D eigenvalue weighted by atomic mass is 32.1.